The third-order valence-corrected chi connectivity index (χ3v) is 3.97. The van der Waals surface area contributed by atoms with Gasteiger partial charge < -0.3 is 14.4 Å². The number of hydrogen-bond donors (Lipinski definition) is 0. The Morgan fingerprint density at radius 3 is 2.59 bits per heavy atom. The molecule has 1 saturated heterocycles. The number of esters is 1. The molecule has 0 N–H and O–H groups in total. The Labute approximate surface area is 135 Å². The molecule has 1 aliphatic heterocycles. The van der Waals surface area contributed by atoms with Crippen LogP contribution in [0.15, 0.2) is 24.3 Å². The van der Waals surface area contributed by atoms with Gasteiger partial charge in [0, 0.05) is 13.1 Å². The first-order valence-corrected chi connectivity index (χ1v) is 7.81. The minimum Gasteiger partial charge on any atom is -0.482 e. The lowest BCUT2D eigenvalue weighted by molar-refractivity contribution is -0.151. The number of benzene rings is 1. The van der Waals surface area contributed by atoms with E-state index in [4.69, 9.17) is 21.1 Å². The van der Waals surface area contributed by atoms with Crippen molar-refractivity contribution in [3.8, 4) is 5.75 Å². The number of hydrogen-bond acceptors (Lipinski definition) is 4. The Morgan fingerprint density at radius 2 is 1.95 bits per heavy atom. The Balaban J connectivity index is 1.78. The minimum absolute atomic E-state index is 0.0478. The van der Waals surface area contributed by atoms with Crippen LogP contribution in [0.4, 0.5) is 0 Å². The predicted octanol–water partition coefficient (Wildman–Crippen LogP) is 2.52. The van der Waals surface area contributed by atoms with Crippen molar-refractivity contribution in [1.82, 2.24) is 4.90 Å². The zero-order chi connectivity index (χ0) is 15.9. The highest BCUT2D eigenvalue weighted by molar-refractivity contribution is 6.32. The summed E-state index contributed by atoms with van der Waals surface area (Å²) in [6, 6.07) is 7.04. The van der Waals surface area contributed by atoms with Crippen molar-refractivity contribution < 1.29 is 19.1 Å². The van der Waals surface area contributed by atoms with Crippen LogP contribution in [-0.2, 0) is 14.3 Å². The number of nitrogens with zero attached hydrogens (tertiary/aromatic N) is 1. The van der Waals surface area contributed by atoms with Crippen molar-refractivity contribution in [3.05, 3.63) is 29.3 Å². The number of carbonyl (C=O) groups excluding carboxylic acids is 2. The molecule has 120 valence electrons. The molecule has 22 heavy (non-hydrogen) atoms. The van der Waals surface area contributed by atoms with Crippen molar-refractivity contribution >= 4 is 23.5 Å². The van der Waals surface area contributed by atoms with E-state index in [-0.39, 0.29) is 24.4 Å². The lowest BCUT2D eigenvalue weighted by Gasteiger charge is -2.30. The van der Waals surface area contributed by atoms with Gasteiger partial charge >= 0.3 is 5.97 Å². The van der Waals surface area contributed by atoms with Crippen LogP contribution in [0.1, 0.15) is 19.8 Å². The molecule has 1 aliphatic rings. The highest BCUT2D eigenvalue weighted by Crippen LogP contribution is 2.23. The minimum atomic E-state index is -0.165. The Bertz CT molecular complexity index is 527. The maximum absolute atomic E-state index is 12.1. The summed E-state index contributed by atoms with van der Waals surface area (Å²) >= 11 is 5.98. The molecule has 0 aromatic heterocycles. The van der Waals surface area contributed by atoms with Crippen LogP contribution in [0, 0.1) is 5.92 Å². The summed E-state index contributed by atoms with van der Waals surface area (Å²) in [4.78, 5) is 25.5. The lowest BCUT2D eigenvalue weighted by Crippen LogP contribution is -2.42. The van der Waals surface area contributed by atoms with Gasteiger partial charge in [0.15, 0.2) is 6.61 Å². The summed E-state index contributed by atoms with van der Waals surface area (Å²) in [6.07, 6.45) is 1.27. The normalized spacial score (nSPS) is 15.5. The Kier molecular flexibility index (Phi) is 6.07. The molecule has 0 bridgehead atoms. The SMILES string of the molecule is CCOC(=O)C1CCN(C(=O)COc2ccccc2Cl)CC1. The molecule has 1 fully saturated rings. The first-order chi connectivity index (χ1) is 10.6. The van der Waals surface area contributed by atoms with E-state index in [1.807, 2.05) is 0 Å². The highest BCUT2D eigenvalue weighted by atomic mass is 35.5. The predicted molar refractivity (Wildman–Crippen MR) is 82.9 cm³/mol. The molecule has 2 rings (SSSR count). The maximum atomic E-state index is 12.1. The standard InChI is InChI=1S/C16H20ClNO4/c1-2-21-16(20)12-7-9-18(10-8-12)15(19)11-22-14-6-4-3-5-13(14)17/h3-6,12H,2,7-11H2,1H3. The molecule has 0 atom stereocenters. The van der Waals surface area contributed by atoms with E-state index in [1.165, 1.54) is 0 Å². The van der Waals surface area contributed by atoms with Gasteiger partial charge in [0.25, 0.3) is 5.91 Å². The maximum Gasteiger partial charge on any atom is 0.309 e. The van der Waals surface area contributed by atoms with E-state index >= 15 is 0 Å². The zero-order valence-electron chi connectivity index (χ0n) is 12.6. The topological polar surface area (TPSA) is 55.8 Å². The fourth-order valence-corrected chi connectivity index (χ4v) is 2.61. The van der Waals surface area contributed by atoms with Crippen molar-refractivity contribution in [2.24, 2.45) is 5.92 Å². The number of ether oxygens (including phenoxy) is 2. The van der Waals surface area contributed by atoms with Crippen LogP contribution in [0.2, 0.25) is 5.02 Å². The Morgan fingerprint density at radius 1 is 1.27 bits per heavy atom. The van der Waals surface area contributed by atoms with Gasteiger partial charge in [0.05, 0.1) is 17.5 Å². The van der Waals surface area contributed by atoms with Crippen LogP contribution in [0.5, 0.6) is 5.75 Å². The van der Waals surface area contributed by atoms with Gasteiger partial charge in [-0.15, -0.1) is 0 Å². The van der Waals surface area contributed by atoms with Crippen LogP contribution < -0.4 is 4.74 Å². The first kappa shape index (κ1) is 16.6. The molecule has 0 unspecified atom stereocenters. The smallest absolute Gasteiger partial charge is 0.309 e. The lowest BCUT2D eigenvalue weighted by atomic mass is 9.97. The number of rotatable bonds is 5. The quantitative estimate of drug-likeness (QED) is 0.781. The highest BCUT2D eigenvalue weighted by Gasteiger charge is 2.28. The monoisotopic (exact) mass is 325 g/mol. The molecule has 1 aromatic carbocycles. The van der Waals surface area contributed by atoms with Crippen LogP contribution in [0.25, 0.3) is 0 Å². The van der Waals surface area contributed by atoms with Crippen molar-refractivity contribution in [1.29, 1.82) is 0 Å². The second-order valence-electron chi connectivity index (χ2n) is 5.13. The van der Waals surface area contributed by atoms with Gasteiger partial charge in [-0.25, -0.2) is 0 Å². The van der Waals surface area contributed by atoms with Crippen molar-refractivity contribution in [2.75, 3.05) is 26.3 Å². The van der Waals surface area contributed by atoms with Gasteiger partial charge in [-0.1, -0.05) is 23.7 Å². The largest absolute Gasteiger partial charge is 0.482 e. The first-order valence-electron chi connectivity index (χ1n) is 7.43. The number of piperidine rings is 1. The molecule has 0 saturated carbocycles. The van der Waals surface area contributed by atoms with E-state index in [0.717, 1.165) is 0 Å². The molecular weight excluding hydrogens is 306 g/mol. The van der Waals surface area contributed by atoms with Gasteiger partial charge in [-0.05, 0) is 31.9 Å². The fraction of sp³-hybridized carbons (Fsp3) is 0.500. The molecule has 5 nitrogen and oxygen atoms in total. The van der Waals surface area contributed by atoms with E-state index < -0.39 is 0 Å². The van der Waals surface area contributed by atoms with Gasteiger partial charge in [0.2, 0.25) is 0 Å². The number of carbonyl (C=O) groups is 2. The van der Waals surface area contributed by atoms with Gasteiger partial charge in [-0.3, -0.25) is 9.59 Å². The zero-order valence-corrected chi connectivity index (χ0v) is 13.3. The Hall–Kier alpha value is -1.75. The summed E-state index contributed by atoms with van der Waals surface area (Å²) in [6.45, 7) is 3.24. The van der Waals surface area contributed by atoms with E-state index in [0.29, 0.717) is 43.3 Å². The van der Waals surface area contributed by atoms with Crippen LogP contribution in [0.3, 0.4) is 0 Å². The molecule has 1 aromatic rings. The molecule has 1 amide bonds. The van der Waals surface area contributed by atoms with Gasteiger partial charge in [0.1, 0.15) is 5.75 Å². The van der Waals surface area contributed by atoms with Crippen molar-refractivity contribution in [3.63, 3.8) is 0 Å². The summed E-state index contributed by atoms with van der Waals surface area (Å²) in [5.41, 5.74) is 0. The van der Waals surface area contributed by atoms with Crippen molar-refractivity contribution in [2.45, 2.75) is 19.8 Å². The van der Waals surface area contributed by atoms with Crippen LogP contribution >= 0.6 is 11.6 Å². The molecule has 0 spiro atoms. The summed E-state index contributed by atoms with van der Waals surface area (Å²) < 4.78 is 10.5. The van der Waals surface area contributed by atoms with E-state index in [9.17, 15) is 9.59 Å². The summed E-state index contributed by atoms with van der Waals surface area (Å²) in [5, 5.41) is 0.483. The molecule has 0 radical (unpaired) electrons. The molecule has 6 heteroatoms. The fourth-order valence-electron chi connectivity index (χ4n) is 2.42. The second-order valence-corrected chi connectivity index (χ2v) is 5.53. The van der Waals surface area contributed by atoms with Gasteiger partial charge in [-0.2, -0.15) is 0 Å². The average molecular weight is 326 g/mol. The summed E-state index contributed by atoms with van der Waals surface area (Å²) in [5.74, 6) is 0.136. The molecular formula is C16H20ClNO4. The second kappa shape index (κ2) is 8.03. The number of amides is 1. The number of halogens is 1. The van der Waals surface area contributed by atoms with E-state index in [2.05, 4.69) is 0 Å². The number of para-hydroxylation sites is 1. The third kappa shape index (κ3) is 4.37. The molecule has 1 heterocycles. The van der Waals surface area contributed by atoms with E-state index in [1.54, 1.807) is 36.1 Å². The molecule has 0 aliphatic carbocycles. The third-order valence-electron chi connectivity index (χ3n) is 3.66. The average Bonchev–Trinajstić information content (AvgIpc) is 2.54. The summed E-state index contributed by atoms with van der Waals surface area (Å²) in [7, 11) is 0. The van der Waals surface area contributed by atoms with Crippen LogP contribution in [-0.4, -0.2) is 43.1 Å². The number of likely N-dealkylation sites (tertiary alicyclic amines) is 1.